The molecule has 1 aromatic carbocycles. The van der Waals surface area contributed by atoms with Crippen molar-refractivity contribution in [1.82, 2.24) is 14.9 Å². The highest BCUT2D eigenvalue weighted by atomic mass is 19.4. The van der Waals surface area contributed by atoms with Gasteiger partial charge in [0.1, 0.15) is 11.6 Å². The quantitative estimate of drug-likeness (QED) is 0.432. The third-order valence-corrected chi connectivity index (χ3v) is 7.85. The highest BCUT2D eigenvalue weighted by molar-refractivity contribution is 6.07. The Bertz CT molecular complexity index is 1510. The number of benzene rings is 1. The molecule has 13 heteroatoms. The van der Waals surface area contributed by atoms with Crippen LogP contribution < -0.4 is 20.7 Å². The largest absolute Gasteiger partial charge is 0.417 e. The van der Waals surface area contributed by atoms with Gasteiger partial charge < -0.3 is 24.8 Å². The molecule has 0 aliphatic carbocycles. The van der Waals surface area contributed by atoms with Gasteiger partial charge in [-0.05, 0) is 45.2 Å². The van der Waals surface area contributed by atoms with Crippen molar-refractivity contribution < 1.29 is 27.1 Å². The van der Waals surface area contributed by atoms with Crippen LogP contribution in [0.3, 0.4) is 0 Å². The summed E-state index contributed by atoms with van der Waals surface area (Å²) in [5.41, 5.74) is -2.27. The normalized spacial score (nSPS) is 20.1. The number of hydrogen-bond donors (Lipinski definition) is 2. The average Bonchev–Trinajstić information content (AvgIpc) is 2.96. The second kappa shape index (κ2) is 11.7. The fourth-order valence-corrected chi connectivity index (χ4v) is 5.35. The van der Waals surface area contributed by atoms with Crippen molar-refractivity contribution in [1.29, 1.82) is 0 Å². The molecule has 0 saturated carbocycles. The molecular formula is C29H32F4N6O3. The molecule has 2 aliphatic heterocycles. The predicted octanol–water partition coefficient (Wildman–Crippen LogP) is 4.21. The third kappa shape index (κ3) is 6.12. The number of morpholine rings is 1. The van der Waals surface area contributed by atoms with Crippen LogP contribution in [-0.4, -0.2) is 79.3 Å². The number of pyridine rings is 2. The molecule has 0 radical (unpaired) electrons. The zero-order valence-corrected chi connectivity index (χ0v) is 23.5. The molecule has 224 valence electrons. The topological polar surface area (TPSA) is 93.8 Å². The Morgan fingerprint density at radius 2 is 1.76 bits per heavy atom. The van der Waals surface area contributed by atoms with E-state index in [9.17, 15) is 22.8 Å². The summed E-state index contributed by atoms with van der Waals surface area (Å²) in [5.74, 6) is -1.05. The summed E-state index contributed by atoms with van der Waals surface area (Å²) in [5, 5.41) is 2.57. The molecule has 2 saturated heterocycles. The fourth-order valence-electron chi connectivity index (χ4n) is 5.35. The summed E-state index contributed by atoms with van der Waals surface area (Å²) < 4.78 is 62.4. The molecule has 2 atom stereocenters. The molecule has 0 bridgehead atoms. The first-order valence-electron chi connectivity index (χ1n) is 13.6. The molecule has 2 aromatic heterocycles. The maximum absolute atomic E-state index is 15.8. The number of H-pyrrole nitrogens is 1. The number of ether oxygens (including phenoxy) is 1. The van der Waals surface area contributed by atoms with E-state index >= 15 is 4.39 Å². The first-order valence-corrected chi connectivity index (χ1v) is 13.6. The summed E-state index contributed by atoms with van der Waals surface area (Å²) in [7, 11) is 1.99. The maximum Gasteiger partial charge on any atom is 0.417 e. The number of alkyl halides is 3. The highest BCUT2D eigenvalue weighted by Crippen LogP contribution is 2.37. The van der Waals surface area contributed by atoms with Gasteiger partial charge in [-0.3, -0.25) is 14.5 Å². The van der Waals surface area contributed by atoms with Crippen LogP contribution in [-0.2, 0) is 10.9 Å². The van der Waals surface area contributed by atoms with Crippen molar-refractivity contribution in [3.63, 3.8) is 0 Å². The number of piperazine rings is 1. The number of halogens is 4. The number of amides is 1. The molecule has 0 spiro atoms. The lowest BCUT2D eigenvalue weighted by Crippen LogP contribution is -2.55. The van der Waals surface area contributed by atoms with Crippen LogP contribution in [0, 0.1) is 5.82 Å². The van der Waals surface area contributed by atoms with E-state index in [1.54, 1.807) is 12.1 Å². The number of nitrogens with one attached hydrogen (secondary N) is 2. The van der Waals surface area contributed by atoms with E-state index in [4.69, 9.17) is 4.74 Å². The van der Waals surface area contributed by atoms with Crippen LogP contribution in [0.2, 0.25) is 0 Å². The van der Waals surface area contributed by atoms with Crippen LogP contribution in [0.5, 0.6) is 0 Å². The van der Waals surface area contributed by atoms with E-state index in [0.717, 1.165) is 6.20 Å². The summed E-state index contributed by atoms with van der Waals surface area (Å²) in [6.07, 6.45) is -4.21. The first kappa shape index (κ1) is 29.5. The Morgan fingerprint density at radius 3 is 2.43 bits per heavy atom. The van der Waals surface area contributed by atoms with Gasteiger partial charge in [0.25, 0.3) is 5.91 Å². The lowest BCUT2D eigenvalue weighted by molar-refractivity contribution is -0.138. The predicted molar refractivity (Wildman–Crippen MR) is 152 cm³/mol. The minimum absolute atomic E-state index is 0.0805. The number of likely N-dealkylation sites (N-methyl/N-ethyl adjacent to an activating group) is 1. The summed E-state index contributed by atoms with van der Waals surface area (Å²) in [6.45, 7) is 7.36. The Kier molecular flexibility index (Phi) is 8.24. The first-order chi connectivity index (χ1) is 19.9. The smallest absolute Gasteiger partial charge is 0.378 e. The highest BCUT2D eigenvalue weighted by Gasteiger charge is 2.36. The molecule has 1 amide bonds. The summed E-state index contributed by atoms with van der Waals surface area (Å²) >= 11 is 0. The van der Waals surface area contributed by atoms with Crippen molar-refractivity contribution in [2.45, 2.75) is 32.1 Å². The van der Waals surface area contributed by atoms with E-state index in [1.807, 2.05) is 36.8 Å². The van der Waals surface area contributed by atoms with Gasteiger partial charge in [-0.1, -0.05) is 6.07 Å². The number of nitrogens with zero attached hydrogens (tertiary/aromatic N) is 4. The van der Waals surface area contributed by atoms with Crippen molar-refractivity contribution in [3.8, 4) is 11.3 Å². The van der Waals surface area contributed by atoms with Crippen LogP contribution in [0.25, 0.3) is 11.3 Å². The molecule has 2 aliphatic rings. The number of carbonyl (C=O) groups is 1. The van der Waals surface area contributed by atoms with Crippen molar-refractivity contribution >= 4 is 23.1 Å². The zero-order chi connectivity index (χ0) is 30.2. The molecule has 9 nitrogen and oxygen atoms in total. The average molecular weight is 589 g/mol. The number of hydrogen-bond acceptors (Lipinski definition) is 7. The zero-order valence-electron chi connectivity index (χ0n) is 23.5. The van der Waals surface area contributed by atoms with Gasteiger partial charge in [0, 0.05) is 56.1 Å². The molecule has 3 aromatic rings. The molecule has 2 fully saturated rings. The van der Waals surface area contributed by atoms with E-state index in [0.29, 0.717) is 62.7 Å². The van der Waals surface area contributed by atoms with Crippen LogP contribution in [0.15, 0.2) is 47.4 Å². The molecule has 4 heterocycles. The number of aromatic amines is 1. The Hall–Kier alpha value is -3.97. The van der Waals surface area contributed by atoms with Crippen molar-refractivity contribution in [3.05, 3.63) is 69.9 Å². The number of anilines is 3. The minimum atomic E-state index is -4.94. The summed E-state index contributed by atoms with van der Waals surface area (Å²) in [4.78, 5) is 37.8. The maximum atomic E-state index is 15.8. The lowest BCUT2D eigenvalue weighted by Gasteiger charge is -2.44. The second-order valence-corrected chi connectivity index (χ2v) is 10.7. The molecule has 5 rings (SSSR count). The minimum Gasteiger partial charge on any atom is -0.378 e. The number of carbonyl (C=O) groups excluding carboxylic acids is 1. The second-order valence-electron chi connectivity index (χ2n) is 10.7. The monoisotopic (exact) mass is 588 g/mol. The number of aromatic nitrogens is 2. The van der Waals surface area contributed by atoms with Gasteiger partial charge in [-0.25, -0.2) is 9.37 Å². The van der Waals surface area contributed by atoms with E-state index in [-0.39, 0.29) is 23.3 Å². The third-order valence-electron chi connectivity index (χ3n) is 7.85. The Morgan fingerprint density at radius 1 is 1.07 bits per heavy atom. The van der Waals surface area contributed by atoms with Gasteiger partial charge >= 0.3 is 6.18 Å². The molecule has 2 unspecified atom stereocenters. The van der Waals surface area contributed by atoms with Gasteiger partial charge in [-0.15, -0.1) is 0 Å². The SMILES string of the molecule is CC1CN(c2cc(F)c(-c3cccc(N4CCOCC4)n3)cc2NC(=O)c2c[nH]c(=O)cc2C(F)(F)F)CC(C)N1C. The van der Waals surface area contributed by atoms with Gasteiger partial charge in [-0.2, -0.15) is 13.2 Å². The van der Waals surface area contributed by atoms with Crippen LogP contribution >= 0.6 is 0 Å². The van der Waals surface area contributed by atoms with Crippen LogP contribution in [0.4, 0.5) is 34.8 Å². The summed E-state index contributed by atoms with van der Waals surface area (Å²) in [6, 6.07) is 8.40. The van der Waals surface area contributed by atoms with Crippen molar-refractivity contribution in [2.75, 3.05) is 61.6 Å². The molecule has 42 heavy (non-hydrogen) atoms. The Balaban J connectivity index is 1.58. The van der Waals surface area contributed by atoms with Gasteiger partial charge in [0.15, 0.2) is 0 Å². The van der Waals surface area contributed by atoms with Crippen molar-refractivity contribution in [2.24, 2.45) is 0 Å². The number of rotatable bonds is 5. The lowest BCUT2D eigenvalue weighted by atomic mass is 10.0. The van der Waals surface area contributed by atoms with Gasteiger partial charge in [0.2, 0.25) is 5.56 Å². The van der Waals surface area contributed by atoms with Gasteiger partial charge in [0.05, 0.1) is 41.4 Å². The molecule has 2 N–H and O–H groups in total. The van der Waals surface area contributed by atoms with Crippen LogP contribution in [0.1, 0.15) is 29.8 Å². The fraction of sp³-hybridized carbons (Fsp3) is 0.414. The molecular weight excluding hydrogens is 556 g/mol. The van der Waals surface area contributed by atoms with E-state index < -0.39 is 34.6 Å². The standard InChI is InChI=1S/C29H32F4N6O3/c1-17-15-39(16-18(2)37(17)3)25-13-22(30)19(23-5-4-6-26(35-23)38-7-9-42-10-8-38)11-24(25)36-28(41)20-14-34-27(40)12-21(20)29(31,32)33/h4-6,11-14,17-18H,7-10,15-16H2,1-3H3,(H,34,40)(H,36,41). The van der Waals surface area contributed by atoms with E-state index in [2.05, 4.69) is 20.2 Å². The Labute approximate surface area is 240 Å². The van der Waals surface area contributed by atoms with E-state index in [1.165, 1.54) is 12.1 Å².